The highest BCUT2D eigenvalue weighted by Crippen LogP contribution is 2.39. The number of carbonyl (C=O) groups excluding carboxylic acids is 2. The number of hydrogen-bond acceptors (Lipinski definition) is 34. The lowest BCUT2D eigenvalue weighted by atomic mass is 9.93. The molecule has 7 saturated heterocycles. The molecule has 7 heterocycles. The number of aliphatic hydroxyl groups excluding tert-OH is 19. The Hall–Kier alpha value is -2.34. The zero-order valence-electron chi connectivity index (χ0n) is 44.4. The first-order valence-corrected chi connectivity index (χ1v) is 26.3. The van der Waals surface area contributed by atoms with E-state index in [0.29, 0.717) is 0 Å². The third-order valence-electron chi connectivity index (χ3n) is 15.3. The molecule has 7 rings (SSSR count). The maximum absolute atomic E-state index is 13.1. The van der Waals surface area contributed by atoms with Gasteiger partial charge < -0.3 is 169 Å². The SMILES string of the molecule is CC(=O)N[C@H]1[C@H](O[C@H]2[C@@H](O)[C@@H](CO)O[C@@H](O[C@H]3[C@H](O[C@@H]4O[C@@H](C)[C@@H](O)[C@@H](O)[C@@H]4O)[C@@H](NC(C)=O)[C@H](O[C@@H]4[C@@H](O)[C@@H](O)O[C@H](CO)[C@H]4O)O[C@@H]3CO)[C@@H]2O)O[C@H](CO)[C@@H](O[C@@H]2O[C@H](CO)[C@H](O)[C@H](O)[C@H]2O)[C@@H]1O[C@@H]1O[C@@H](C)[C@@H](O)[C@@H](O)[C@@H]1O. The smallest absolute Gasteiger partial charge is 0.217 e. The molecule has 36 heteroatoms. The second-order valence-corrected chi connectivity index (χ2v) is 21.0. The summed E-state index contributed by atoms with van der Waals surface area (Å²) in [4.78, 5) is 26.2. The number of ether oxygens (including phenoxy) is 13. The van der Waals surface area contributed by atoms with Crippen molar-refractivity contribution in [2.75, 3.05) is 33.0 Å². The first-order chi connectivity index (χ1) is 38.7. The van der Waals surface area contributed by atoms with Crippen LogP contribution >= 0.6 is 0 Å². The fraction of sp³-hybridized carbons (Fsp3) is 0.957. The van der Waals surface area contributed by atoms with E-state index in [-0.39, 0.29) is 0 Å². The maximum Gasteiger partial charge on any atom is 0.217 e. The van der Waals surface area contributed by atoms with Gasteiger partial charge in [-0.25, -0.2) is 0 Å². The highest BCUT2D eigenvalue weighted by molar-refractivity contribution is 5.73. The second-order valence-electron chi connectivity index (χ2n) is 21.0. The summed E-state index contributed by atoms with van der Waals surface area (Å²) >= 11 is 0. The van der Waals surface area contributed by atoms with E-state index in [1.165, 1.54) is 13.8 Å². The molecule has 0 saturated carbocycles. The van der Waals surface area contributed by atoms with Crippen LogP contribution in [-0.4, -0.2) is 357 Å². The van der Waals surface area contributed by atoms with E-state index in [0.717, 1.165) is 13.8 Å². The highest BCUT2D eigenvalue weighted by Gasteiger charge is 2.60. The van der Waals surface area contributed by atoms with Gasteiger partial charge in [0.25, 0.3) is 0 Å². The van der Waals surface area contributed by atoms with Gasteiger partial charge in [0.1, 0.15) is 159 Å². The van der Waals surface area contributed by atoms with Crippen LogP contribution in [0.25, 0.3) is 0 Å². The van der Waals surface area contributed by atoms with Crippen molar-refractivity contribution in [2.45, 2.75) is 243 Å². The molecule has 0 spiro atoms. The average Bonchev–Trinajstić information content (AvgIpc) is 3.34. The first kappa shape index (κ1) is 67.2. The molecule has 0 radical (unpaired) electrons. The molecule has 2 amide bonds. The third-order valence-corrected chi connectivity index (χ3v) is 15.3. The van der Waals surface area contributed by atoms with E-state index < -0.39 is 260 Å². The van der Waals surface area contributed by atoms with Crippen molar-refractivity contribution in [1.29, 1.82) is 0 Å². The van der Waals surface area contributed by atoms with E-state index in [1.807, 2.05) is 0 Å². The van der Waals surface area contributed by atoms with Gasteiger partial charge in [0.15, 0.2) is 44.0 Å². The van der Waals surface area contributed by atoms with Crippen LogP contribution < -0.4 is 10.6 Å². The number of aliphatic hydroxyl groups is 19. The molecule has 21 N–H and O–H groups in total. The van der Waals surface area contributed by atoms with Crippen LogP contribution in [0.1, 0.15) is 27.7 Å². The standard InChI is InChI=1S/C46H78N2O34/c1-10-21(56)26(61)29(64)43(70-10)79-36-20(48-13(4)55)42(76-17(8-52)34(36)77-45-31(66)28(63)23(58)14(5-49)73-45)82-39-25(60)16(7-51)74-46(33(39)68)78-35-18(9-53)75-41(81-38-24(59)15(6-50)72-40(69)32(38)67)19(47-12(3)54)37(35)80-44-30(65)27(62)22(57)11(2)71-44/h10-11,14-46,49-53,56-69H,5-9H2,1-4H3,(H,47,54)(H,48,55)/t10-,11-,14+,15+,16+,17+,18+,19+,20+,21+,22+,23-,24+,25-,26+,27+,28-,29-,30-,31+,32+,33+,34+,35+,36+,37+,38-,39-,40-,41-,42-,43-,44-,45-,46-/m0/s1. The Bertz CT molecular complexity index is 2030. The Kier molecular flexibility index (Phi) is 23.5. The molecule has 7 aliphatic rings. The van der Waals surface area contributed by atoms with Crippen LogP contribution in [0, 0.1) is 0 Å². The van der Waals surface area contributed by atoms with Gasteiger partial charge in [-0.05, 0) is 13.8 Å². The van der Waals surface area contributed by atoms with Gasteiger partial charge in [-0.1, -0.05) is 0 Å². The molecule has 0 aromatic rings. The Morgan fingerprint density at radius 2 is 0.610 bits per heavy atom. The molecular formula is C46H78N2O34. The van der Waals surface area contributed by atoms with E-state index in [1.54, 1.807) is 0 Å². The minimum atomic E-state index is -2.36. The number of rotatable bonds is 19. The van der Waals surface area contributed by atoms with Crippen LogP contribution in [0.5, 0.6) is 0 Å². The molecule has 0 bridgehead atoms. The zero-order chi connectivity index (χ0) is 60.5. The van der Waals surface area contributed by atoms with Crippen LogP contribution in [0.15, 0.2) is 0 Å². The van der Waals surface area contributed by atoms with Crippen molar-refractivity contribution in [3.05, 3.63) is 0 Å². The summed E-state index contributed by atoms with van der Waals surface area (Å²) in [5, 5.41) is 211. The molecule has 0 aromatic carbocycles. The van der Waals surface area contributed by atoms with Crippen LogP contribution in [0.2, 0.25) is 0 Å². The number of nitrogens with one attached hydrogen (secondary N) is 2. The lowest BCUT2D eigenvalue weighted by Crippen LogP contribution is -2.72. The summed E-state index contributed by atoms with van der Waals surface area (Å²) in [7, 11) is 0. The summed E-state index contributed by atoms with van der Waals surface area (Å²) < 4.78 is 76.8. The lowest BCUT2D eigenvalue weighted by molar-refractivity contribution is -0.397. The number of hydrogen-bond donors (Lipinski definition) is 21. The largest absolute Gasteiger partial charge is 0.394 e. The van der Waals surface area contributed by atoms with Gasteiger partial charge in [-0.3, -0.25) is 9.59 Å². The van der Waals surface area contributed by atoms with Crippen molar-refractivity contribution in [3.63, 3.8) is 0 Å². The van der Waals surface area contributed by atoms with Gasteiger partial charge >= 0.3 is 0 Å². The Morgan fingerprint density at radius 1 is 0.317 bits per heavy atom. The topological polar surface area (TPSA) is 563 Å². The van der Waals surface area contributed by atoms with E-state index >= 15 is 0 Å². The summed E-state index contributed by atoms with van der Waals surface area (Å²) in [6.07, 6.45) is -63.4. The van der Waals surface area contributed by atoms with Crippen LogP contribution in [0.3, 0.4) is 0 Å². The molecule has 7 fully saturated rings. The molecule has 35 atom stereocenters. The monoisotopic (exact) mass is 1200 g/mol. The molecule has 7 aliphatic heterocycles. The molecule has 0 unspecified atom stereocenters. The first-order valence-electron chi connectivity index (χ1n) is 26.3. The maximum atomic E-state index is 13.1. The fourth-order valence-electron chi connectivity index (χ4n) is 10.7. The molecule has 0 aliphatic carbocycles. The van der Waals surface area contributed by atoms with Gasteiger partial charge in [0.2, 0.25) is 11.8 Å². The highest BCUT2D eigenvalue weighted by atomic mass is 16.8. The zero-order valence-corrected chi connectivity index (χ0v) is 44.4. The Balaban J connectivity index is 1.25. The molecule has 82 heavy (non-hydrogen) atoms. The van der Waals surface area contributed by atoms with E-state index in [2.05, 4.69) is 10.6 Å². The quantitative estimate of drug-likeness (QED) is 0.0571. The molecule has 36 nitrogen and oxygen atoms in total. The van der Waals surface area contributed by atoms with E-state index in [4.69, 9.17) is 61.6 Å². The lowest BCUT2D eigenvalue weighted by Gasteiger charge is -2.52. The van der Waals surface area contributed by atoms with Crippen molar-refractivity contribution in [2.24, 2.45) is 0 Å². The summed E-state index contributed by atoms with van der Waals surface area (Å²) in [5.41, 5.74) is 0. The van der Waals surface area contributed by atoms with Gasteiger partial charge in [0, 0.05) is 13.8 Å². The van der Waals surface area contributed by atoms with Crippen LogP contribution in [-0.2, 0) is 71.2 Å². The van der Waals surface area contributed by atoms with Crippen molar-refractivity contribution in [3.8, 4) is 0 Å². The third kappa shape index (κ3) is 14.1. The molecular weight excluding hydrogens is 1120 g/mol. The normalized spacial score (nSPS) is 51.3. The number of amides is 2. The fourth-order valence-corrected chi connectivity index (χ4v) is 10.7. The van der Waals surface area contributed by atoms with Gasteiger partial charge in [-0.2, -0.15) is 0 Å². The Labute approximate surface area is 465 Å². The minimum Gasteiger partial charge on any atom is -0.394 e. The van der Waals surface area contributed by atoms with Crippen molar-refractivity contribution < 1.29 is 168 Å². The van der Waals surface area contributed by atoms with E-state index in [9.17, 15) is 107 Å². The summed E-state index contributed by atoms with van der Waals surface area (Å²) in [5.74, 6) is -1.80. The molecule has 476 valence electrons. The van der Waals surface area contributed by atoms with Gasteiger partial charge in [0.05, 0.1) is 45.2 Å². The van der Waals surface area contributed by atoms with Crippen LogP contribution in [0.4, 0.5) is 0 Å². The van der Waals surface area contributed by atoms with Gasteiger partial charge in [-0.15, -0.1) is 0 Å². The van der Waals surface area contributed by atoms with Crippen molar-refractivity contribution >= 4 is 11.8 Å². The predicted molar refractivity (Wildman–Crippen MR) is 252 cm³/mol. The second kappa shape index (κ2) is 28.7. The number of carbonyl (C=O) groups is 2. The Morgan fingerprint density at radius 3 is 0.988 bits per heavy atom. The summed E-state index contributed by atoms with van der Waals surface area (Å²) in [6.45, 7) is -0.654. The minimum absolute atomic E-state index is 0.892. The molecule has 0 aromatic heterocycles. The average molecular weight is 1200 g/mol. The summed E-state index contributed by atoms with van der Waals surface area (Å²) in [6, 6.07) is -3.71. The van der Waals surface area contributed by atoms with Crippen molar-refractivity contribution in [1.82, 2.24) is 10.6 Å². The predicted octanol–water partition coefficient (Wildman–Crippen LogP) is -13.9.